The van der Waals surface area contributed by atoms with Gasteiger partial charge in [0.2, 0.25) is 0 Å². The number of nitrogens with one attached hydrogen (secondary N) is 2. The number of rotatable bonds is 5. The van der Waals surface area contributed by atoms with Gasteiger partial charge in [0.05, 0.1) is 17.8 Å². The van der Waals surface area contributed by atoms with E-state index in [4.69, 9.17) is 11.6 Å². The number of hydrogen-bond acceptors (Lipinski definition) is 3. The van der Waals surface area contributed by atoms with Gasteiger partial charge in [-0.1, -0.05) is 37.4 Å². The zero-order valence-corrected chi connectivity index (χ0v) is 18.9. The first-order valence-electron chi connectivity index (χ1n) is 11.9. The molecule has 5 rings (SSSR count). The number of fused-ring (bicyclic) bond motifs is 2. The molecule has 4 aliphatic carbocycles. The molecule has 3 bridgehead atoms. The molecule has 4 unspecified atom stereocenters. The van der Waals surface area contributed by atoms with Crippen LogP contribution < -0.4 is 10.6 Å². The molecule has 0 saturated heterocycles. The predicted molar refractivity (Wildman–Crippen MR) is 119 cm³/mol. The SMILES string of the molecule is C=C(C)NC12CC3CC[C@H](NC(=O)c4cnn(C5CCCCC5)c4Cl)C(C1)C(C3)C2. The van der Waals surface area contributed by atoms with Gasteiger partial charge in [0.15, 0.2) is 0 Å². The lowest BCUT2D eigenvalue weighted by molar-refractivity contribution is 0.0911. The third kappa shape index (κ3) is 3.68. The molecule has 0 radical (unpaired) electrons. The van der Waals surface area contributed by atoms with Crippen molar-refractivity contribution in [2.75, 3.05) is 0 Å². The largest absolute Gasteiger partial charge is 0.384 e. The smallest absolute Gasteiger partial charge is 0.256 e. The van der Waals surface area contributed by atoms with E-state index in [1.807, 2.05) is 4.68 Å². The highest BCUT2D eigenvalue weighted by Gasteiger charge is 2.54. The molecule has 0 aliphatic heterocycles. The topological polar surface area (TPSA) is 58.9 Å². The summed E-state index contributed by atoms with van der Waals surface area (Å²) in [6.07, 6.45) is 14.8. The maximum absolute atomic E-state index is 13.2. The van der Waals surface area contributed by atoms with E-state index in [1.165, 1.54) is 44.9 Å². The van der Waals surface area contributed by atoms with Crippen LogP contribution in [-0.2, 0) is 0 Å². The summed E-state index contributed by atoms with van der Waals surface area (Å²) in [4.78, 5) is 13.2. The highest BCUT2D eigenvalue weighted by molar-refractivity contribution is 6.32. The highest BCUT2D eigenvalue weighted by Crippen LogP contribution is 2.55. The molecule has 5 atom stereocenters. The number of carbonyl (C=O) groups excluding carboxylic acids is 1. The van der Waals surface area contributed by atoms with Crippen LogP contribution in [0.15, 0.2) is 18.5 Å². The molecule has 5 nitrogen and oxygen atoms in total. The van der Waals surface area contributed by atoms with Crippen molar-refractivity contribution in [3.8, 4) is 0 Å². The van der Waals surface area contributed by atoms with E-state index in [0.29, 0.717) is 28.6 Å². The Hall–Kier alpha value is -1.49. The molecular formula is C24H35ClN4O. The first-order valence-corrected chi connectivity index (χ1v) is 12.3. The Balaban J connectivity index is 1.31. The van der Waals surface area contributed by atoms with Gasteiger partial charge in [-0.15, -0.1) is 0 Å². The van der Waals surface area contributed by atoms with Crippen molar-refractivity contribution in [2.24, 2.45) is 17.8 Å². The van der Waals surface area contributed by atoms with Crippen molar-refractivity contribution in [1.82, 2.24) is 20.4 Å². The molecule has 0 spiro atoms. The summed E-state index contributed by atoms with van der Waals surface area (Å²) in [6, 6.07) is 0.570. The summed E-state index contributed by atoms with van der Waals surface area (Å²) in [5, 5.41) is 12.1. The third-order valence-electron chi connectivity index (χ3n) is 8.30. The van der Waals surface area contributed by atoms with Gasteiger partial charge in [0.1, 0.15) is 5.15 Å². The molecular weight excluding hydrogens is 396 g/mol. The van der Waals surface area contributed by atoms with Gasteiger partial charge < -0.3 is 10.6 Å². The normalized spacial score (nSPS) is 35.8. The molecule has 1 heterocycles. The van der Waals surface area contributed by atoms with Crippen LogP contribution in [0.4, 0.5) is 0 Å². The van der Waals surface area contributed by atoms with Gasteiger partial charge in [-0.05, 0) is 76.0 Å². The number of hydrogen-bond donors (Lipinski definition) is 2. The number of carbonyl (C=O) groups is 1. The molecule has 1 amide bonds. The minimum absolute atomic E-state index is 0.0461. The van der Waals surface area contributed by atoms with Crippen LogP contribution in [0.5, 0.6) is 0 Å². The zero-order chi connectivity index (χ0) is 20.9. The van der Waals surface area contributed by atoms with Gasteiger partial charge in [-0.2, -0.15) is 5.10 Å². The van der Waals surface area contributed by atoms with E-state index >= 15 is 0 Å². The van der Waals surface area contributed by atoms with E-state index in [-0.39, 0.29) is 17.5 Å². The van der Waals surface area contributed by atoms with Crippen LogP contribution in [0.1, 0.15) is 94.0 Å². The second-order valence-electron chi connectivity index (χ2n) is 10.6. The Bertz CT molecular complexity index is 829. The van der Waals surface area contributed by atoms with Crippen LogP contribution in [0.25, 0.3) is 0 Å². The molecule has 1 aromatic rings. The van der Waals surface area contributed by atoms with Crippen LogP contribution >= 0.6 is 11.6 Å². The molecule has 6 heteroatoms. The van der Waals surface area contributed by atoms with Gasteiger partial charge in [-0.3, -0.25) is 9.48 Å². The van der Waals surface area contributed by atoms with Crippen molar-refractivity contribution in [3.05, 3.63) is 29.2 Å². The highest BCUT2D eigenvalue weighted by atomic mass is 35.5. The van der Waals surface area contributed by atoms with Gasteiger partial charge in [-0.25, -0.2) is 0 Å². The minimum atomic E-state index is -0.0461. The summed E-state index contributed by atoms with van der Waals surface area (Å²) in [6.45, 7) is 6.17. The van der Waals surface area contributed by atoms with E-state index in [0.717, 1.165) is 37.3 Å². The number of aromatic nitrogens is 2. The van der Waals surface area contributed by atoms with Crippen LogP contribution in [-0.4, -0.2) is 27.3 Å². The Kier molecular flexibility index (Phi) is 5.37. The molecule has 30 heavy (non-hydrogen) atoms. The summed E-state index contributed by atoms with van der Waals surface area (Å²) >= 11 is 6.64. The van der Waals surface area contributed by atoms with E-state index in [9.17, 15) is 4.79 Å². The molecule has 0 aromatic carbocycles. The summed E-state index contributed by atoms with van der Waals surface area (Å²) in [7, 11) is 0. The number of halogens is 1. The first-order chi connectivity index (χ1) is 14.4. The molecule has 1 aromatic heterocycles. The minimum Gasteiger partial charge on any atom is -0.384 e. The van der Waals surface area contributed by atoms with Crippen molar-refractivity contribution >= 4 is 17.5 Å². The van der Waals surface area contributed by atoms with E-state index in [1.54, 1.807) is 6.20 Å². The monoisotopic (exact) mass is 430 g/mol. The average molecular weight is 431 g/mol. The summed E-state index contributed by atoms with van der Waals surface area (Å²) in [5.74, 6) is 1.96. The lowest BCUT2D eigenvalue weighted by Crippen LogP contribution is -2.47. The van der Waals surface area contributed by atoms with Crippen molar-refractivity contribution in [1.29, 1.82) is 0 Å². The fourth-order valence-electron chi connectivity index (χ4n) is 7.27. The second-order valence-corrected chi connectivity index (χ2v) is 10.9. The quantitative estimate of drug-likeness (QED) is 0.672. The van der Waals surface area contributed by atoms with E-state index in [2.05, 4.69) is 29.2 Å². The maximum Gasteiger partial charge on any atom is 0.256 e. The van der Waals surface area contributed by atoms with Gasteiger partial charge >= 0.3 is 0 Å². The summed E-state index contributed by atoms with van der Waals surface area (Å²) in [5.41, 5.74) is 1.80. The number of allylic oxidation sites excluding steroid dienone is 1. The fraction of sp³-hybridized carbons (Fsp3) is 0.750. The third-order valence-corrected chi connectivity index (χ3v) is 8.67. The van der Waals surface area contributed by atoms with Crippen molar-refractivity contribution in [3.63, 3.8) is 0 Å². The van der Waals surface area contributed by atoms with Gasteiger partial charge in [0.25, 0.3) is 5.91 Å². The zero-order valence-electron chi connectivity index (χ0n) is 18.1. The lowest BCUT2D eigenvalue weighted by atomic mass is 9.75. The predicted octanol–water partition coefficient (Wildman–Crippen LogP) is 5.23. The lowest BCUT2D eigenvalue weighted by Gasteiger charge is -2.40. The van der Waals surface area contributed by atoms with Crippen LogP contribution in [0.3, 0.4) is 0 Å². The standard InChI is InChI=1S/C24H35ClN4O/c1-15(2)28-24-11-16-8-9-21(19(13-24)17(10-16)12-24)27-23(30)20-14-26-29(22(20)25)18-6-4-3-5-7-18/h14,16-19,21,28H,1,3-13H2,2H3,(H,27,30)/t16?,17?,19?,21-,24?/m0/s1. The first kappa shape index (κ1) is 20.4. The van der Waals surface area contributed by atoms with Crippen LogP contribution in [0.2, 0.25) is 5.15 Å². The fourth-order valence-corrected chi connectivity index (χ4v) is 7.59. The van der Waals surface area contributed by atoms with E-state index < -0.39 is 0 Å². The van der Waals surface area contributed by atoms with Gasteiger partial charge in [0, 0.05) is 17.3 Å². The molecule has 4 fully saturated rings. The van der Waals surface area contributed by atoms with Crippen molar-refractivity contribution < 1.29 is 4.79 Å². The Morgan fingerprint density at radius 3 is 2.77 bits per heavy atom. The summed E-state index contributed by atoms with van der Waals surface area (Å²) < 4.78 is 1.89. The van der Waals surface area contributed by atoms with Crippen LogP contribution in [0, 0.1) is 17.8 Å². The molecule has 4 aliphatic rings. The Labute approximate surface area is 185 Å². The molecule has 4 saturated carbocycles. The van der Waals surface area contributed by atoms with Crippen molar-refractivity contribution in [2.45, 2.75) is 95.2 Å². The maximum atomic E-state index is 13.2. The molecule has 2 N–H and O–H groups in total. The number of amides is 1. The Morgan fingerprint density at radius 1 is 1.20 bits per heavy atom. The average Bonchev–Trinajstić information content (AvgIpc) is 3.18. The second kappa shape index (κ2) is 7.89. The Morgan fingerprint density at radius 2 is 2.00 bits per heavy atom. The number of nitrogens with zero attached hydrogens (tertiary/aromatic N) is 2. The molecule has 164 valence electrons.